The molecule has 1 aromatic carbocycles. The summed E-state index contributed by atoms with van der Waals surface area (Å²) in [6, 6.07) is 9.49. The van der Waals surface area contributed by atoms with Gasteiger partial charge in [0.15, 0.2) is 9.84 Å². The number of benzene rings is 1. The highest BCUT2D eigenvalue weighted by Gasteiger charge is 2.34. The Balaban J connectivity index is 1.88. The van der Waals surface area contributed by atoms with Crippen LogP contribution in [0.2, 0.25) is 0 Å². The Morgan fingerprint density at radius 1 is 1.30 bits per heavy atom. The zero-order chi connectivity index (χ0) is 16.7. The minimum atomic E-state index is -3.00. The van der Waals surface area contributed by atoms with Gasteiger partial charge in [0.05, 0.1) is 18.1 Å². The van der Waals surface area contributed by atoms with Gasteiger partial charge in [-0.2, -0.15) is 0 Å². The van der Waals surface area contributed by atoms with Crippen LogP contribution in [0.15, 0.2) is 30.3 Å². The average molecular weight is 339 g/mol. The number of nitrogens with zero attached hydrogens (tertiary/aromatic N) is 1. The Bertz CT molecular complexity index is 600. The minimum absolute atomic E-state index is 0.00481. The van der Waals surface area contributed by atoms with Crippen molar-refractivity contribution in [2.24, 2.45) is 0 Å². The molecule has 1 amide bonds. The molecule has 0 aromatic heterocycles. The van der Waals surface area contributed by atoms with Crippen molar-refractivity contribution in [1.82, 2.24) is 4.90 Å². The van der Waals surface area contributed by atoms with Gasteiger partial charge in [0.2, 0.25) is 5.91 Å². The fourth-order valence-corrected chi connectivity index (χ4v) is 4.50. The average Bonchev–Trinajstić information content (AvgIpc) is 2.88. The molecule has 128 valence electrons. The summed E-state index contributed by atoms with van der Waals surface area (Å²) in [5.74, 6) is 0.149. The highest BCUT2D eigenvalue weighted by molar-refractivity contribution is 7.91. The largest absolute Gasteiger partial charge is 0.367 e. The molecule has 1 aromatic rings. The molecule has 23 heavy (non-hydrogen) atoms. The Hall–Kier alpha value is -1.40. The Labute approximate surface area is 138 Å². The smallest absolute Gasteiger partial charge is 0.248 e. The van der Waals surface area contributed by atoms with E-state index in [1.165, 1.54) is 0 Å². The minimum Gasteiger partial charge on any atom is -0.367 e. The maximum Gasteiger partial charge on any atom is 0.248 e. The summed E-state index contributed by atoms with van der Waals surface area (Å²) >= 11 is 0. The molecule has 2 rings (SSSR count). The van der Waals surface area contributed by atoms with Gasteiger partial charge in [0, 0.05) is 12.6 Å². The summed E-state index contributed by atoms with van der Waals surface area (Å²) in [5.41, 5.74) is 1.02. The Morgan fingerprint density at radius 2 is 2.04 bits per heavy atom. The van der Waals surface area contributed by atoms with Gasteiger partial charge in [-0.15, -0.1) is 0 Å². The van der Waals surface area contributed by atoms with E-state index >= 15 is 0 Å². The number of hydrogen-bond acceptors (Lipinski definition) is 4. The summed E-state index contributed by atoms with van der Waals surface area (Å²) in [7, 11) is -3.00. The molecular formula is C17H25NO4S. The third-order valence-corrected chi connectivity index (χ3v) is 5.81. The molecule has 0 bridgehead atoms. The van der Waals surface area contributed by atoms with Crippen LogP contribution in [0, 0.1) is 0 Å². The Morgan fingerprint density at radius 3 is 2.65 bits per heavy atom. The molecule has 1 fully saturated rings. The molecule has 0 saturated carbocycles. The zero-order valence-corrected chi connectivity index (χ0v) is 14.4. The van der Waals surface area contributed by atoms with Crippen LogP contribution in [0.4, 0.5) is 0 Å². The van der Waals surface area contributed by atoms with Crippen molar-refractivity contribution in [2.75, 3.05) is 24.7 Å². The molecule has 0 radical (unpaired) electrons. The number of amides is 1. The highest BCUT2D eigenvalue weighted by Crippen LogP contribution is 2.19. The van der Waals surface area contributed by atoms with Crippen LogP contribution in [0.25, 0.3) is 0 Å². The molecule has 1 heterocycles. The Kier molecular flexibility index (Phi) is 6.59. The first-order valence-electron chi connectivity index (χ1n) is 8.13. The summed E-state index contributed by atoms with van der Waals surface area (Å²) < 4.78 is 28.9. The van der Waals surface area contributed by atoms with Gasteiger partial charge in [-0.3, -0.25) is 4.79 Å². The van der Waals surface area contributed by atoms with E-state index in [-0.39, 0.29) is 30.1 Å². The first-order chi connectivity index (χ1) is 11.0. The molecule has 1 atom stereocenters. The molecule has 0 spiro atoms. The van der Waals surface area contributed by atoms with Gasteiger partial charge in [0.25, 0.3) is 0 Å². The fourth-order valence-electron chi connectivity index (χ4n) is 2.77. The van der Waals surface area contributed by atoms with E-state index in [0.29, 0.717) is 19.6 Å². The SMILES string of the molecule is CCCCN(C(=O)COCc1ccccc1)C1CCS(=O)(=O)C1. The highest BCUT2D eigenvalue weighted by atomic mass is 32.2. The molecule has 0 aliphatic carbocycles. The first kappa shape index (κ1) is 17.9. The van der Waals surface area contributed by atoms with Crippen LogP contribution in [-0.2, 0) is 26.0 Å². The standard InChI is InChI=1S/C17H25NO4S/c1-2-3-10-18(16-9-11-23(20,21)14-16)17(19)13-22-12-15-7-5-4-6-8-15/h4-8,16H,2-3,9-14H2,1H3. The van der Waals surface area contributed by atoms with E-state index < -0.39 is 9.84 Å². The van der Waals surface area contributed by atoms with Gasteiger partial charge in [-0.1, -0.05) is 43.7 Å². The van der Waals surface area contributed by atoms with Crippen molar-refractivity contribution in [3.63, 3.8) is 0 Å². The van der Waals surface area contributed by atoms with Crippen molar-refractivity contribution < 1.29 is 17.9 Å². The van der Waals surface area contributed by atoms with Crippen molar-refractivity contribution >= 4 is 15.7 Å². The lowest BCUT2D eigenvalue weighted by atomic mass is 10.2. The molecule has 1 aliphatic heterocycles. The summed E-state index contributed by atoms with van der Waals surface area (Å²) in [4.78, 5) is 14.2. The molecule has 1 saturated heterocycles. The van der Waals surface area contributed by atoms with Crippen LogP contribution in [0.3, 0.4) is 0 Å². The summed E-state index contributed by atoms with van der Waals surface area (Å²) in [5, 5.41) is 0. The molecular weight excluding hydrogens is 314 g/mol. The predicted octanol–water partition coefficient (Wildman–Crippen LogP) is 2.02. The molecule has 0 N–H and O–H groups in total. The van der Waals surface area contributed by atoms with E-state index in [9.17, 15) is 13.2 Å². The van der Waals surface area contributed by atoms with E-state index in [1.54, 1.807) is 4.90 Å². The predicted molar refractivity (Wildman–Crippen MR) is 89.8 cm³/mol. The van der Waals surface area contributed by atoms with E-state index in [4.69, 9.17) is 4.74 Å². The van der Waals surface area contributed by atoms with Crippen molar-refractivity contribution in [3.05, 3.63) is 35.9 Å². The maximum atomic E-state index is 12.4. The second-order valence-corrected chi connectivity index (χ2v) is 8.20. The quantitative estimate of drug-likeness (QED) is 0.727. The van der Waals surface area contributed by atoms with E-state index in [1.807, 2.05) is 30.3 Å². The van der Waals surface area contributed by atoms with Gasteiger partial charge in [0.1, 0.15) is 6.61 Å². The molecule has 6 heteroatoms. The summed E-state index contributed by atoms with van der Waals surface area (Å²) in [6.07, 6.45) is 2.38. The number of carbonyl (C=O) groups is 1. The van der Waals surface area contributed by atoms with Crippen LogP contribution in [0.1, 0.15) is 31.7 Å². The normalized spacial score (nSPS) is 19.6. The third-order valence-electron chi connectivity index (χ3n) is 4.06. The zero-order valence-electron chi connectivity index (χ0n) is 13.6. The number of rotatable bonds is 8. The van der Waals surface area contributed by atoms with Crippen LogP contribution in [0.5, 0.6) is 0 Å². The second kappa shape index (κ2) is 8.45. The fraction of sp³-hybridized carbons (Fsp3) is 0.588. The number of ether oxygens (including phenoxy) is 1. The van der Waals surface area contributed by atoms with Crippen molar-refractivity contribution in [3.8, 4) is 0 Å². The maximum absolute atomic E-state index is 12.4. The van der Waals surface area contributed by atoms with Gasteiger partial charge in [-0.25, -0.2) is 8.42 Å². The lowest BCUT2D eigenvalue weighted by molar-refractivity contribution is -0.138. The monoisotopic (exact) mass is 339 g/mol. The summed E-state index contributed by atoms with van der Waals surface area (Å²) in [6.45, 7) is 3.04. The van der Waals surface area contributed by atoms with Gasteiger partial charge >= 0.3 is 0 Å². The van der Waals surface area contributed by atoms with Gasteiger partial charge in [-0.05, 0) is 18.4 Å². The molecule has 5 nitrogen and oxygen atoms in total. The van der Waals surface area contributed by atoms with Crippen LogP contribution < -0.4 is 0 Å². The van der Waals surface area contributed by atoms with E-state index in [0.717, 1.165) is 18.4 Å². The lowest BCUT2D eigenvalue weighted by Gasteiger charge is -2.28. The number of hydrogen-bond donors (Lipinski definition) is 0. The third kappa shape index (κ3) is 5.62. The second-order valence-electron chi connectivity index (χ2n) is 5.98. The molecule has 1 aliphatic rings. The number of sulfone groups is 1. The lowest BCUT2D eigenvalue weighted by Crippen LogP contribution is -2.43. The van der Waals surface area contributed by atoms with Crippen molar-refractivity contribution in [2.45, 2.75) is 38.8 Å². The topological polar surface area (TPSA) is 63.7 Å². The van der Waals surface area contributed by atoms with Crippen LogP contribution in [-0.4, -0.2) is 49.9 Å². The number of carbonyl (C=O) groups excluding carboxylic acids is 1. The van der Waals surface area contributed by atoms with Gasteiger partial charge < -0.3 is 9.64 Å². The number of unbranched alkanes of at least 4 members (excludes halogenated alkanes) is 1. The molecule has 1 unspecified atom stereocenters. The first-order valence-corrected chi connectivity index (χ1v) is 9.95. The van der Waals surface area contributed by atoms with E-state index in [2.05, 4.69) is 6.92 Å². The van der Waals surface area contributed by atoms with Crippen LogP contribution >= 0.6 is 0 Å². The van der Waals surface area contributed by atoms with Crippen molar-refractivity contribution in [1.29, 1.82) is 0 Å².